The normalized spacial score (nSPS) is 12.1. The lowest BCUT2D eigenvalue weighted by atomic mass is 10.0. The fourth-order valence-corrected chi connectivity index (χ4v) is 1.35. The molecule has 0 aliphatic carbocycles. The Labute approximate surface area is 88.7 Å². The first-order chi connectivity index (χ1) is 7.04. The Morgan fingerprint density at radius 1 is 1.60 bits per heavy atom. The SMILES string of the molecule is COc1ccc(CC(C)C(=O)O)cc1N. The number of anilines is 1. The highest BCUT2D eigenvalue weighted by molar-refractivity contribution is 5.70. The zero-order valence-corrected chi connectivity index (χ0v) is 8.86. The third-order valence-electron chi connectivity index (χ3n) is 2.26. The van der Waals surface area contributed by atoms with E-state index in [1.807, 2.05) is 6.07 Å². The van der Waals surface area contributed by atoms with Crippen LogP contribution < -0.4 is 10.5 Å². The molecular formula is C11H15NO3. The highest BCUT2D eigenvalue weighted by atomic mass is 16.5. The third kappa shape index (κ3) is 2.87. The van der Waals surface area contributed by atoms with Gasteiger partial charge in [-0.25, -0.2) is 0 Å². The van der Waals surface area contributed by atoms with Crippen molar-refractivity contribution in [2.45, 2.75) is 13.3 Å². The molecule has 1 aromatic rings. The summed E-state index contributed by atoms with van der Waals surface area (Å²) < 4.78 is 5.01. The fraction of sp³-hybridized carbons (Fsp3) is 0.364. The van der Waals surface area contributed by atoms with Crippen molar-refractivity contribution in [3.05, 3.63) is 23.8 Å². The van der Waals surface area contributed by atoms with Crippen molar-refractivity contribution in [3.63, 3.8) is 0 Å². The van der Waals surface area contributed by atoms with E-state index in [1.165, 1.54) is 0 Å². The summed E-state index contributed by atoms with van der Waals surface area (Å²) >= 11 is 0. The number of carboxylic acids is 1. The van der Waals surface area contributed by atoms with Gasteiger partial charge >= 0.3 is 5.97 Å². The second-order valence-corrected chi connectivity index (χ2v) is 3.52. The number of rotatable bonds is 4. The summed E-state index contributed by atoms with van der Waals surface area (Å²) in [5.74, 6) is -0.594. The number of methoxy groups -OCH3 is 1. The van der Waals surface area contributed by atoms with Crippen LogP contribution in [0.4, 0.5) is 5.69 Å². The first-order valence-corrected chi connectivity index (χ1v) is 4.69. The fourth-order valence-electron chi connectivity index (χ4n) is 1.35. The molecule has 0 aromatic heterocycles. The van der Waals surface area contributed by atoms with E-state index in [0.717, 1.165) is 5.56 Å². The number of benzene rings is 1. The summed E-state index contributed by atoms with van der Waals surface area (Å²) in [4.78, 5) is 10.7. The Hall–Kier alpha value is -1.71. The molecule has 0 saturated carbocycles. The molecule has 0 bridgehead atoms. The second kappa shape index (κ2) is 4.68. The highest BCUT2D eigenvalue weighted by Gasteiger charge is 2.12. The molecule has 0 radical (unpaired) electrons. The Balaban J connectivity index is 2.79. The van der Waals surface area contributed by atoms with Crippen LogP contribution in [-0.4, -0.2) is 18.2 Å². The van der Waals surface area contributed by atoms with Crippen LogP contribution in [0.15, 0.2) is 18.2 Å². The van der Waals surface area contributed by atoms with Gasteiger partial charge in [-0.15, -0.1) is 0 Å². The molecule has 4 nitrogen and oxygen atoms in total. The Bertz CT molecular complexity index is 363. The summed E-state index contributed by atoms with van der Waals surface area (Å²) in [5.41, 5.74) is 7.15. The molecule has 82 valence electrons. The predicted molar refractivity (Wildman–Crippen MR) is 57.9 cm³/mol. The van der Waals surface area contributed by atoms with Crippen molar-refractivity contribution in [1.82, 2.24) is 0 Å². The topological polar surface area (TPSA) is 72.5 Å². The summed E-state index contributed by atoms with van der Waals surface area (Å²) in [7, 11) is 1.55. The summed E-state index contributed by atoms with van der Waals surface area (Å²) in [6.07, 6.45) is 0.476. The van der Waals surface area contributed by atoms with Crippen LogP contribution in [-0.2, 0) is 11.2 Å². The van der Waals surface area contributed by atoms with Gasteiger partial charge in [0.1, 0.15) is 5.75 Å². The van der Waals surface area contributed by atoms with Gasteiger partial charge in [0.2, 0.25) is 0 Å². The van der Waals surface area contributed by atoms with Crippen LogP contribution in [0.3, 0.4) is 0 Å². The average molecular weight is 209 g/mol. The van der Waals surface area contributed by atoms with E-state index in [2.05, 4.69) is 0 Å². The molecule has 1 atom stereocenters. The van der Waals surface area contributed by atoms with Crippen LogP contribution in [0.1, 0.15) is 12.5 Å². The zero-order valence-electron chi connectivity index (χ0n) is 8.86. The molecule has 0 amide bonds. The maximum Gasteiger partial charge on any atom is 0.306 e. The molecule has 15 heavy (non-hydrogen) atoms. The molecule has 0 fully saturated rings. The van der Waals surface area contributed by atoms with E-state index < -0.39 is 11.9 Å². The molecule has 0 heterocycles. The Morgan fingerprint density at radius 3 is 2.73 bits per heavy atom. The monoisotopic (exact) mass is 209 g/mol. The minimum absolute atomic E-state index is 0.405. The first-order valence-electron chi connectivity index (χ1n) is 4.69. The van der Waals surface area contributed by atoms with Crippen LogP contribution in [0.25, 0.3) is 0 Å². The van der Waals surface area contributed by atoms with Crippen molar-refractivity contribution < 1.29 is 14.6 Å². The molecule has 1 aromatic carbocycles. The lowest BCUT2D eigenvalue weighted by molar-refractivity contribution is -0.141. The Kier molecular flexibility index (Phi) is 3.55. The second-order valence-electron chi connectivity index (χ2n) is 3.52. The molecule has 0 spiro atoms. The number of ether oxygens (including phenoxy) is 1. The van der Waals surface area contributed by atoms with Crippen molar-refractivity contribution in [2.24, 2.45) is 5.92 Å². The van der Waals surface area contributed by atoms with Gasteiger partial charge in [0.25, 0.3) is 0 Å². The van der Waals surface area contributed by atoms with Gasteiger partial charge in [-0.3, -0.25) is 4.79 Å². The number of hydrogen-bond donors (Lipinski definition) is 2. The van der Waals surface area contributed by atoms with Crippen LogP contribution in [0.2, 0.25) is 0 Å². The number of carbonyl (C=O) groups is 1. The van der Waals surface area contributed by atoms with E-state index in [-0.39, 0.29) is 0 Å². The maximum absolute atomic E-state index is 10.7. The first kappa shape index (κ1) is 11.4. The molecule has 4 heteroatoms. The van der Waals surface area contributed by atoms with Gasteiger partial charge in [0.15, 0.2) is 0 Å². The lowest BCUT2D eigenvalue weighted by Gasteiger charge is -2.09. The van der Waals surface area contributed by atoms with Crippen LogP contribution in [0.5, 0.6) is 5.75 Å². The highest BCUT2D eigenvalue weighted by Crippen LogP contribution is 2.23. The number of hydrogen-bond acceptors (Lipinski definition) is 3. The van der Waals surface area contributed by atoms with Crippen molar-refractivity contribution >= 4 is 11.7 Å². The van der Waals surface area contributed by atoms with Gasteiger partial charge in [-0.05, 0) is 24.1 Å². The number of nitrogen functional groups attached to an aromatic ring is 1. The molecule has 0 saturated heterocycles. The molecule has 0 aliphatic rings. The van der Waals surface area contributed by atoms with Crippen molar-refractivity contribution in [1.29, 1.82) is 0 Å². The van der Waals surface area contributed by atoms with Gasteiger partial charge in [-0.2, -0.15) is 0 Å². The standard InChI is InChI=1S/C11H15NO3/c1-7(11(13)14)5-8-3-4-10(15-2)9(12)6-8/h3-4,6-7H,5,12H2,1-2H3,(H,13,14). The van der Waals surface area contributed by atoms with E-state index in [4.69, 9.17) is 15.6 Å². The lowest BCUT2D eigenvalue weighted by Crippen LogP contribution is -2.12. The summed E-state index contributed by atoms with van der Waals surface area (Å²) in [5, 5.41) is 8.76. The molecule has 0 aliphatic heterocycles. The molecule has 1 rings (SSSR count). The molecule has 3 N–H and O–H groups in total. The minimum atomic E-state index is -0.801. The minimum Gasteiger partial charge on any atom is -0.495 e. The van der Waals surface area contributed by atoms with E-state index >= 15 is 0 Å². The summed E-state index contributed by atoms with van der Waals surface area (Å²) in [6, 6.07) is 5.33. The van der Waals surface area contributed by atoms with Gasteiger partial charge in [0.05, 0.1) is 18.7 Å². The summed E-state index contributed by atoms with van der Waals surface area (Å²) in [6.45, 7) is 1.67. The average Bonchev–Trinajstić information content (AvgIpc) is 2.18. The van der Waals surface area contributed by atoms with Gasteiger partial charge in [-0.1, -0.05) is 13.0 Å². The number of carboxylic acid groups (broad SMARTS) is 1. The number of aliphatic carboxylic acids is 1. The Morgan fingerprint density at radius 2 is 2.27 bits per heavy atom. The largest absolute Gasteiger partial charge is 0.495 e. The van der Waals surface area contributed by atoms with Gasteiger partial charge in [0, 0.05) is 0 Å². The third-order valence-corrected chi connectivity index (χ3v) is 2.26. The quantitative estimate of drug-likeness (QED) is 0.738. The van der Waals surface area contributed by atoms with Crippen LogP contribution in [0, 0.1) is 5.92 Å². The van der Waals surface area contributed by atoms with Crippen molar-refractivity contribution in [2.75, 3.05) is 12.8 Å². The zero-order chi connectivity index (χ0) is 11.4. The van der Waals surface area contributed by atoms with E-state index in [1.54, 1.807) is 26.2 Å². The smallest absolute Gasteiger partial charge is 0.306 e. The molecular weight excluding hydrogens is 194 g/mol. The number of nitrogens with two attached hydrogens (primary N) is 1. The maximum atomic E-state index is 10.7. The van der Waals surface area contributed by atoms with E-state index in [9.17, 15) is 4.79 Å². The van der Waals surface area contributed by atoms with Crippen molar-refractivity contribution in [3.8, 4) is 5.75 Å². The van der Waals surface area contributed by atoms with E-state index in [0.29, 0.717) is 17.9 Å². The van der Waals surface area contributed by atoms with Crippen LogP contribution >= 0.6 is 0 Å². The molecule has 1 unspecified atom stereocenters. The van der Waals surface area contributed by atoms with Gasteiger partial charge < -0.3 is 15.6 Å². The predicted octanol–water partition coefficient (Wildman–Crippen LogP) is 1.54.